The molecular formula is C14H17BrN4O8S. The molecule has 0 bridgehead atoms. The van der Waals surface area contributed by atoms with Gasteiger partial charge >= 0.3 is 11.9 Å². The van der Waals surface area contributed by atoms with Crippen LogP contribution in [0, 0.1) is 0 Å². The largest absolute Gasteiger partial charge is 0.480 e. The number of imide groups is 1. The van der Waals surface area contributed by atoms with E-state index in [1.165, 1.54) is 0 Å². The molecule has 0 saturated carbocycles. The Morgan fingerprint density at radius 3 is 2.25 bits per heavy atom. The van der Waals surface area contributed by atoms with Gasteiger partial charge < -0.3 is 26.6 Å². The first-order chi connectivity index (χ1) is 12.9. The Hall–Kier alpha value is -2.45. The van der Waals surface area contributed by atoms with Gasteiger partial charge in [-0.3, -0.25) is 29.3 Å². The molecule has 0 aliphatic carbocycles. The summed E-state index contributed by atoms with van der Waals surface area (Å²) in [7, 11) is 0. The van der Waals surface area contributed by atoms with Gasteiger partial charge in [0.2, 0.25) is 11.8 Å². The minimum absolute atomic E-state index is 0.155. The molecule has 4 amide bonds. The predicted octanol–water partition coefficient (Wildman–Crippen LogP) is -2.53. The van der Waals surface area contributed by atoms with E-state index in [9.17, 15) is 33.9 Å². The van der Waals surface area contributed by atoms with Gasteiger partial charge in [0.1, 0.15) is 18.1 Å². The van der Waals surface area contributed by atoms with Crippen LogP contribution in [-0.4, -0.2) is 69.7 Å². The maximum Gasteiger partial charge on any atom is 0.328 e. The van der Waals surface area contributed by atoms with Crippen LogP contribution in [0.25, 0.3) is 0 Å². The van der Waals surface area contributed by atoms with Crippen LogP contribution in [0.1, 0.15) is 12.8 Å². The van der Waals surface area contributed by atoms with E-state index >= 15 is 0 Å². The van der Waals surface area contributed by atoms with Crippen LogP contribution in [0.4, 0.5) is 0 Å². The fraction of sp³-hybridized carbons (Fsp3) is 0.429. The lowest BCUT2D eigenvalue weighted by atomic mass is 9.85. The van der Waals surface area contributed by atoms with Crippen molar-refractivity contribution in [2.24, 2.45) is 5.73 Å². The zero-order chi connectivity index (χ0) is 21.6. The van der Waals surface area contributed by atoms with Gasteiger partial charge in [-0.2, -0.15) is 12.6 Å². The molecule has 12 nitrogen and oxygen atoms in total. The van der Waals surface area contributed by atoms with E-state index in [4.69, 9.17) is 10.8 Å². The van der Waals surface area contributed by atoms with E-state index in [0.29, 0.717) is 0 Å². The number of nitrogens with two attached hydrogens (primary N) is 1. The third kappa shape index (κ3) is 5.53. The number of thiol groups is 1. The summed E-state index contributed by atoms with van der Waals surface area (Å²) >= 11 is 6.70. The number of aliphatic carboxylic acids is 2. The number of carbonyl (C=O) groups excluding carboxylic acids is 4. The van der Waals surface area contributed by atoms with E-state index in [0.717, 1.165) is 0 Å². The fourth-order valence-electron chi connectivity index (χ4n) is 2.23. The molecule has 2 unspecified atom stereocenters. The Bertz CT molecular complexity index is 770. The molecule has 2 atom stereocenters. The molecule has 0 aromatic rings. The SMILES string of the molecule is NC(CCC(=O)NC(CS)C(=O)NCC(=O)O)(C(=O)O)C1=C(Br)C(=O)NC1=O. The number of halogens is 1. The third-order valence-electron chi connectivity index (χ3n) is 3.70. The Labute approximate surface area is 171 Å². The number of amides is 4. The average molecular weight is 481 g/mol. The molecule has 28 heavy (non-hydrogen) atoms. The molecule has 1 aliphatic rings. The summed E-state index contributed by atoms with van der Waals surface area (Å²) in [6.07, 6.45) is -1.07. The molecule has 0 aromatic carbocycles. The van der Waals surface area contributed by atoms with Gasteiger partial charge in [0, 0.05) is 12.2 Å². The summed E-state index contributed by atoms with van der Waals surface area (Å²) in [6.45, 7) is -0.658. The third-order valence-corrected chi connectivity index (χ3v) is 4.82. The summed E-state index contributed by atoms with van der Waals surface area (Å²) in [5.74, 6) is -6.51. The van der Waals surface area contributed by atoms with Gasteiger partial charge in [0.15, 0.2) is 0 Å². The van der Waals surface area contributed by atoms with Crippen LogP contribution in [0.3, 0.4) is 0 Å². The molecule has 7 N–H and O–H groups in total. The van der Waals surface area contributed by atoms with E-state index in [1.807, 2.05) is 5.32 Å². The Morgan fingerprint density at radius 2 is 1.82 bits per heavy atom. The summed E-state index contributed by atoms with van der Waals surface area (Å²) in [5.41, 5.74) is 2.94. The predicted molar refractivity (Wildman–Crippen MR) is 99.3 cm³/mol. The van der Waals surface area contributed by atoms with Crippen molar-refractivity contribution in [2.45, 2.75) is 24.4 Å². The van der Waals surface area contributed by atoms with Gasteiger partial charge in [-0.05, 0) is 22.4 Å². The monoisotopic (exact) mass is 480 g/mol. The van der Waals surface area contributed by atoms with Gasteiger partial charge in [-0.15, -0.1) is 0 Å². The van der Waals surface area contributed by atoms with Crippen molar-refractivity contribution in [3.8, 4) is 0 Å². The molecule has 0 aromatic heterocycles. The lowest BCUT2D eigenvalue weighted by Crippen LogP contribution is -2.53. The quantitative estimate of drug-likeness (QED) is 0.130. The van der Waals surface area contributed by atoms with E-state index < -0.39 is 72.1 Å². The van der Waals surface area contributed by atoms with Crippen molar-refractivity contribution in [1.29, 1.82) is 0 Å². The Balaban J connectivity index is 2.83. The standard InChI is InChI=1S/C14H17BrN4O8S/c15-9-8(11(24)19-12(9)25)14(16,13(26)27)2-1-6(20)18-5(4-28)10(23)17-3-7(21)22/h5,28H,1-4,16H2,(H,17,23)(H,18,20)(H,21,22)(H,26,27)(H,19,24,25). The summed E-state index contributed by atoms with van der Waals surface area (Å²) < 4.78 is -0.343. The highest BCUT2D eigenvalue weighted by Gasteiger charge is 2.47. The molecule has 0 radical (unpaired) electrons. The molecule has 0 spiro atoms. The van der Waals surface area contributed by atoms with Gasteiger partial charge in [0.25, 0.3) is 11.8 Å². The molecule has 1 heterocycles. The number of rotatable bonds is 10. The first-order valence-electron chi connectivity index (χ1n) is 7.62. The summed E-state index contributed by atoms with van der Waals surface area (Å²) in [4.78, 5) is 69.3. The van der Waals surface area contributed by atoms with Crippen LogP contribution in [0.5, 0.6) is 0 Å². The van der Waals surface area contributed by atoms with Crippen molar-refractivity contribution in [3.63, 3.8) is 0 Å². The molecule has 154 valence electrons. The number of carboxylic acid groups (broad SMARTS) is 2. The van der Waals surface area contributed by atoms with Crippen molar-refractivity contribution in [1.82, 2.24) is 16.0 Å². The number of carbonyl (C=O) groups is 6. The normalized spacial score (nSPS) is 16.8. The van der Waals surface area contributed by atoms with Crippen LogP contribution >= 0.6 is 28.6 Å². The number of nitrogens with one attached hydrogen (secondary N) is 3. The molecule has 0 saturated heterocycles. The molecule has 14 heteroatoms. The maximum absolute atomic E-state index is 12.1. The maximum atomic E-state index is 12.1. The second-order valence-electron chi connectivity index (χ2n) is 5.66. The van der Waals surface area contributed by atoms with Gasteiger partial charge in [0.05, 0.1) is 10.1 Å². The summed E-state index contributed by atoms with van der Waals surface area (Å²) in [6, 6.07) is -1.17. The molecule has 1 aliphatic heterocycles. The molecule has 0 fully saturated rings. The lowest BCUT2D eigenvalue weighted by molar-refractivity contribution is -0.143. The first-order valence-corrected chi connectivity index (χ1v) is 9.04. The van der Waals surface area contributed by atoms with Crippen molar-refractivity contribution in [3.05, 3.63) is 10.1 Å². The number of hydrogen-bond donors (Lipinski definition) is 7. The second kappa shape index (κ2) is 9.66. The van der Waals surface area contributed by atoms with E-state index in [-0.39, 0.29) is 10.2 Å². The zero-order valence-electron chi connectivity index (χ0n) is 14.2. The minimum Gasteiger partial charge on any atom is -0.480 e. The van der Waals surface area contributed by atoms with E-state index in [1.54, 1.807) is 0 Å². The Kier molecular flexibility index (Phi) is 8.14. The van der Waals surface area contributed by atoms with Crippen molar-refractivity contribution >= 4 is 64.1 Å². The summed E-state index contributed by atoms with van der Waals surface area (Å²) in [5, 5.41) is 24.2. The van der Waals surface area contributed by atoms with Crippen LogP contribution in [0.2, 0.25) is 0 Å². The first kappa shape index (κ1) is 23.6. The average Bonchev–Trinajstić information content (AvgIpc) is 2.87. The smallest absolute Gasteiger partial charge is 0.328 e. The van der Waals surface area contributed by atoms with Crippen LogP contribution in [0.15, 0.2) is 10.1 Å². The highest BCUT2D eigenvalue weighted by atomic mass is 79.9. The fourth-order valence-corrected chi connectivity index (χ4v) is 3.12. The molecular weight excluding hydrogens is 464 g/mol. The van der Waals surface area contributed by atoms with Crippen LogP contribution < -0.4 is 21.7 Å². The number of hydrogen-bond acceptors (Lipinski definition) is 8. The minimum atomic E-state index is -2.34. The van der Waals surface area contributed by atoms with Crippen molar-refractivity contribution < 1.29 is 39.0 Å². The highest BCUT2D eigenvalue weighted by Crippen LogP contribution is 2.30. The lowest BCUT2D eigenvalue weighted by Gasteiger charge is -2.25. The topological polar surface area (TPSA) is 205 Å². The van der Waals surface area contributed by atoms with E-state index in [2.05, 4.69) is 39.2 Å². The van der Waals surface area contributed by atoms with Gasteiger partial charge in [-0.25, -0.2) is 4.79 Å². The highest BCUT2D eigenvalue weighted by molar-refractivity contribution is 9.12. The van der Waals surface area contributed by atoms with Gasteiger partial charge in [-0.1, -0.05) is 0 Å². The van der Waals surface area contributed by atoms with Crippen LogP contribution in [-0.2, 0) is 28.8 Å². The molecule has 1 rings (SSSR count). The second-order valence-corrected chi connectivity index (χ2v) is 6.82. The van der Waals surface area contributed by atoms with Crippen molar-refractivity contribution in [2.75, 3.05) is 12.3 Å². The zero-order valence-corrected chi connectivity index (χ0v) is 16.6. The Morgan fingerprint density at radius 1 is 1.21 bits per heavy atom. The number of carboxylic acids is 2.